The molecular weight excluding hydrogens is 446 g/mol. The molecule has 0 radical (unpaired) electrons. The van der Waals surface area contributed by atoms with Crippen molar-refractivity contribution in [2.24, 2.45) is 17.8 Å². The first-order valence-corrected chi connectivity index (χ1v) is 11.2. The number of halogens is 2. The molecule has 1 saturated carbocycles. The Morgan fingerprint density at radius 1 is 1.06 bits per heavy atom. The molecule has 178 valence electrons. The van der Waals surface area contributed by atoms with E-state index in [-0.39, 0.29) is 25.0 Å². The van der Waals surface area contributed by atoms with Gasteiger partial charge in [-0.1, -0.05) is 48.5 Å². The standard InChI is InChI=1S/C25H24F2N2O5/c26-25(27)13-29(11-21(25)23(31)32)22(30)19-9-14(19)10-28-24(33)34-12-20-17-7-3-1-5-15(17)16-6-2-4-8-18(16)20/h1-8,14,19-21H,9-13H2,(H,28,33)(H,31,32). The highest BCUT2D eigenvalue weighted by Crippen LogP contribution is 2.45. The van der Waals surface area contributed by atoms with Crippen molar-refractivity contribution in [2.75, 3.05) is 26.2 Å². The summed E-state index contributed by atoms with van der Waals surface area (Å²) in [5.74, 6) is -8.14. The van der Waals surface area contributed by atoms with Crippen LogP contribution in [-0.2, 0) is 14.3 Å². The zero-order valence-corrected chi connectivity index (χ0v) is 18.2. The van der Waals surface area contributed by atoms with Crippen LogP contribution < -0.4 is 5.32 Å². The van der Waals surface area contributed by atoms with Crippen LogP contribution >= 0.6 is 0 Å². The lowest BCUT2D eigenvalue weighted by Crippen LogP contribution is -2.34. The Balaban J connectivity index is 1.11. The average Bonchev–Trinajstić information content (AvgIpc) is 3.42. The third kappa shape index (κ3) is 3.99. The van der Waals surface area contributed by atoms with Gasteiger partial charge in [-0.2, -0.15) is 0 Å². The van der Waals surface area contributed by atoms with E-state index < -0.39 is 48.8 Å². The summed E-state index contributed by atoms with van der Waals surface area (Å²) in [7, 11) is 0. The third-order valence-electron chi connectivity index (χ3n) is 7.02. The van der Waals surface area contributed by atoms with Crippen LogP contribution in [0.3, 0.4) is 0 Å². The highest BCUT2D eigenvalue weighted by molar-refractivity contribution is 5.84. The lowest BCUT2D eigenvalue weighted by molar-refractivity contribution is -0.151. The fourth-order valence-corrected chi connectivity index (χ4v) is 5.08. The predicted molar refractivity (Wildman–Crippen MR) is 117 cm³/mol. The van der Waals surface area contributed by atoms with Crippen molar-refractivity contribution in [1.29, 1.82) is 0 Å². The molecule has 1 aliphatic heterocycles. The predicted octanol–water partition coefficient (Wildman–Crippen LogP) is 3.34. The molecule has 2 amide bonds. The van der Waals surface area contributed by atoms with Gasteiger partial charge in [0.05, 0.1) is 6.54 Å². The van der Waals surface area contributed by atoms with Crippen molar-refractivity contribution in [2.45, 2.75) is 18.3 Å². The van der Waals surface area contributed by atoms with Gasteiger partial charge < -0.3 is 20.1 Å². The number of rotatable bonds is 6. The number of benzene rings is 2. The summed E-state index contributed by atoms with van der Waals surface area (Å²) < 4.78 is 33.2. The number of amides is 2. The first kappa shape index (κ1) is 22.3. The number of likely N-dealkylation sites (tertiary alicyclic amines) is 1. The van der Waals surface area contributed by atoms with Gasteiger partial charge >= 0.3 is 12.1 Å². The minimum Gasteiger partial charge on any atom is -0.481 e. The van der Waals surface area contributed by atoms with Crippen molar-refractivity contribution in [1.82, 2.24) is 10.2 Å². The van der Waals surface area contributed by atoms with Crippen LogP contribution in [0.1, 0.15) is 23.5 Å². The van der Waals surface area contributed by atoms with Crippen LogP contribution in [0, 0.1) is 17.8 Å². The zero-order valence-electron chi connectivity index (χ0n) is 18.2. The van der Waals surface area contributed by atoms with Gasteiger partial charge in [-0.05, 0) is 34.6 Å². The number of hydrogen-bond donors (Lipinski definition) is 2. The number of nitrogens with one attached hydrogen (secondary N) is 1. The van der Waals surface area contributed by atoms with Crippen LogP contribution in [0.5, 0.6) is 0 Å². The van der Waals surface area contributed by atoms with Crippen molar-refractivity contribution in [3.63, 3.8) is 0 Å². The van der Waals surface area contributed by atoms with Crippen molar-refractivity contribution < 1.29 is 33.0 Å². The number of nitrogens with zero attached hydrogens (tertiary/aromatic N) is 1. The molecule has 7 nitrogen and oxygen atoms in total. The molecule has 5 rings (SSSR count). The van der Waals surface area contributed by atoms with E-state index in [4.69, 9.17) is 9.84 Å². The highest BCUT2D eigenvalue weighted by atomic mass is 19.3. The number of alkyl halides is 2. The molecule has 0 spiro atoms. The molecule has 0 bridgehead atoms. The normalized spacial score (nSPS) is 24.3. The van der Waals surface area contributed by atoms with E-state index in [0.29, 0.717) is 6.42 Å². The van der Waals surface area contributed by atoms with Gasteiger partial charge in [0.1, 0.15) is 12.5 Å². The molecule has 3 aliphatic rings. The Morgan fingerprint density at radius 3 is 2.26 bits per heavy atom. The molecule has 3 atom stereocenters. The summed E-state index contributed by atoms with van der Waals surface area (Å²) >= 11 is 0. The topological polar surface area (TPSA) is 95.9 Å². The minimum atomic E-state index is -3.44. The second-order valence-electron chi connectivity index (χ2n) is 9.18. The minimum absolute atomic E-state index is 0.0626. The summed E-state index contributed by atoms with van der Waals surface area (Å²) in [6.07, 6.45) is -0.138. The Labute approximate surface area is 194 Å². The molecule has 2 fully saturated rings. The molecule has 9 heteroatoms. The van der Waals surface area contributed by atoms with Gasteiger partial charge in [0, 0.05) is 24.9 Å². The smallest absolute Gasteiger partial charge is 0.407 e. The quantitative estimate of drug-likeness (QED) is 0.675. The van der Waals surface area contributed by atoms with Crippen LogP contribution in [0.15, 0.2) is 48.5 Å². The SMILES string of the molecule is O=C(NCC1CC1C(=O)N1CC(C(=O)O)C(F)(F)C1)OCC1c2ccccc2-c2ccccc21. The first-order chi connectivity index (χ1) is 16.3. The summed E-state index contributed by atoms with van der Waals surface area (Å²) in [6.45, 7) is -1.01. The summed E-state index contributed by atoms with van der Waals surface area (Å²) in [5.41, 5.74) is 4.46. The Bertz CT molecular complexity index is 1110. The van der Waals surface area contributed by atoms with Gasteiger partial charge in [-0.25, -0.2) is 13.6 Å². The Kier molecular flexibility index (Phi) is 5.50. The number of aliphatic carboxylic acids is 1. The fraction of sp³-hybridized carbons (Fsp3) is 0.400. The summed E-state index contributed by atoms with van der Waals surface area (Å²) in [4.78, 5) is 36.8. The molecule has 2 aromatic carbocycles. The van der Waals surface area contributed by atoms with E-state index >= 15 is 0 Å². The number of alkyl carbamates (subject to hydrolysis) is 1. The molecule has 34 heavy (non-hydrogen) atoms. The van der Waals surface area contributed by atoms with Gasteiger partial charge in [-0.3, -0.25) is 9.59 Å². The van der Waals surface area contributed by atoms with Crippen molar-refractivity contribution >= 4 is 18.0 Å². The lowest BCUT2D eigenvalue weighted by atomic mass is 9.98. The number of hydrogen-bond acceptors (Lipinski definition) is 4. The maximum absolute atomic E-state index is 13.9. The monoisotopic (exact) mass is 470 g/mol. The fourth-order valence-electron chi connectivity index (χ4n) is 5.08. The zero-order chi connectivity index (χ0) is 24.0. The van der Waals surface area contributed by atoms with E-state index in [9.17, 15) is 23.2 Å². The van der Waals surface area contributed by atoms with Crippen molar-refractivity contribution in [3.8, 4) is 11.1 Å². The molecular formula is C25H24F2N2O5. The van der Waals surface area contributed by atoms with Crippen LogP contribution in [-0.4, -0.2) is 60.1 Å². The lowest BCUT2D eigenvalue weighted by Gasteiger charge is -2.16. The summed E-state index contributed by atoms with van der Waals surface area (Å²) in [6, 6.07) is 16.0. The molecule has 1 heterocycles. The number of carbonyl (C=O) groups excluding carboxylic acids is 2. The number of carboxylic acids is 1. The molecule has 2 aromatic rings. The van der Waals surface area contributed by atoms with Crippen LogP contribution in [0.4, 0.5) is 13.6 Å². The van der Waals surface area contributed by atoms with Gasteiger partial charge in [-0.15, -0.1) is 0 Å². The second kappa shape index (κ2) is 8.38. The van der Waals surface area contributed by atoms with E-state index in [1.807, 2.05) is 48.5 Å². The molecule has 2 N–H and O–H groups in total. The third-order valence-corrected chi connectivity index (χ3v) is 7.02. The first-order valence-electron chi connectivity index (χ1n) is 11.2. The van der Waals surface area contributed by atoms with Crippen molar-refractivity contribution in [3.05, 3.63) is 59.7 Å². The highest BCUT2D eigenvalue weighted by Gasteiger charge is 2.56. The molecule has 1 saturated heterocycles. The number of carbonyl (C=O) groups is 3. The number of ether oxygens (including phenoxy) is 1. The van der Waals surface area contributed by atoms with Gasteiger partial charge in [0.15, 0.2) is 0 Å². The maximum atomic E-state index is 13.9. The Hall–Kier alpha value is -3.49. The molecule has 3 unspecified atom stereocenters. The van der Waals surface area contributed by atoms with E-state index in [1.165, 1.54) is 0 Å². The number of fused-ring (bicyclic) bond motifs is 3. The second-order valence-corrected chi connectivity index (χ2v) is 9.18. The molecule has 2 aliphatic carbocycles. The van der Waals surface area contributed by atoms with Crippen LogP contribution in [0.2, 0.25) is 0 Å². The molecule has 0 aromatic heterocycles. The van der Waals surface area contributed by atoms with E-state index in [1.54, 1.807) is 0 Å². The van der Waals surface area contributed by atoms with Gasteiger partial charge in [0.25, 0.3) is 5.92 Å². The number of carboxylic acid groups (broad SMARTS) is 1. The Morgan fingerprint density at radius 2 is 1.68 bits per heavy atom. The average molecular weight is 470 g/mol. The van der Waals surface area contributed by atoms with E-state index in [0.717, 1.165) is 27.2 Å². The van der Waals surface area contributed by atoms with Gasteiger partial charge in [0.2, 0.25) is 5.91 Å². The van der Waals surface area contributed by atoms with E-state index in [2.05, 4.69) is 5.32 Å². The largest absolute Gasteiger partial charge is 0.481 e. The maximum Gasteiger partial charge on any atom is 0.407 e. The van der Waals surface area contributed by atoms with Crippen LogP contribution in [0.25, 0.3) is 11.1 Å². The summed E-state index contributed by atoms with van der Waals surface area (Å²) in [5, 5.41) is 11.6.